The van der Waals surface area contributed by atoms with Crippen molar-refractivity contribution in [3.05, 3.63) is 0 Å². The average Bonchev–Trinajstić information content (AvgIpc) is 2.83. The number of ether oxygens (including phenoxy) is 4. The highest BCUT2D eigenvalue weighted by Crippen LogP contribution is 2.78. The molecule has 3 saturated heterocycles. The molecule has 1 spiro atoms. The molecule has 0 radical (unpaired) electrons. The molecule has 9 bridgehead atoms. The zero-order chi connectivity index (χ0) is 24.2. The molecule has 7 rings (SSSR count). The first-order chi connectivity index (χ1) is 16.1. The smallest absolute Gasteiger partial charge is 0.313 e. The Morgan fingerprint density at radius 1 is 1.18 bits per heavy atom. The molecule has 0 amide bonds. The number of piperidine rings is 1. The van der Waals surface area contributed by atoms with E-state index < -0.39 is 23.6 Å². The predicted octanol–water partition coefficient (Wildman–Crippen LogP) is 2.33. The molecule has 188 valence electrons. The van der Waals surface area contributed by atoms with Crippen molar-refractivity contribution >= 4 is 17.9 Å². The molecule has 7 fully saturated rings. The molecule has 8 heteroatoms. The van der Waals surface area contributed by atoms with Gasteiger partial charge in [0.15, 0.2) is 0 Å². The standard InChI is InChI=1S/C26H37NO7/c1-6-27-12-24(4)9-8-17(31-5)26-16-11-15-7-10-25(34-14(3)29,18(16)23(30)33-15)19(22(26)27)20(21(24)26)32-13(2)28/h15-22H,6-12H2,1-5H3. The molecule has 0 N–H and O–H groups in total. The van der Waals surface area contributed by atoms with Crippen LogP contribution in [0.1, 0.15) is 59.8 Å². The summed E-state index contributed by atoms with van der Waals surface area (Å²) in [5.74, 6) is -1.84. The van der Waals surface area contributed by atoms with Crippen molar-refractivity contribution in [2.75, 3.05) is 20.2 Å². The van der Waals surface area contributed by atoms with Crippen molar-refractivity contribution in [3.63, 3.8) is 0 Å². The number of likely N-dealkylation sites (tertiary alicyclic amines) is 1. The van der Waals surface area contributed by atoms with Crippen molar-refractivity contribution < 1.29 is 33.3 Å². The van der Waals surface area contributed by atoms with Crippen LogP contribution in [-0.4, -0.2) is 73.0 Å². The molecular weight excluding hydrogens is 438 g/mol. The highest BCUT2D eigenvalue weighted by atomic mass is 16.6. The molecule has 3 heterocycles. The fourth-order valence-corrected chi connectivity index (χ4v) is 10.3. The number of rotatable bonds is 4. The fraction of sp³-hybridized carbons (Fsp3) is 0.885. The largest absolute Gasteiger partial charge is 0.462 e. The van der Waals surface area contributed by atoms with Gasteiger partial charge < -0.3 is 18.9 Å². The van der Waals surface area contributed by atoms with E-state index >= 15 is 0 Å². The van der Waals surface area contributed by atoms with Crippen molar-refractivity contribution in [2.45, 2.75) is 89.8 Å². The predicted molar refractivity (Wildman–Crippen MR) is 119 cm³/mol. The quantitative estimate of drug-likeness (QED) is 0.452. The van der Waals surface area contributed by atoms with Crippen molar-refractivity contribution in [2.24, 2.45) is 34.5 Å². The maximum Gasteiger partial charge on any atom is 0.313 e. The van der Waals surface area contributed by atoms with Gasteiger partial charge in [-0.25, -0.2) is 0 Å². The summed E-state index contributed by atoms with van der Waals surface area (Å²) in [5, 5.41) is 0. The summed E-state index contributed by atoms with van der Waals surface area (Å²) >= 11 is 0. The van der Waals surface area contributed by atoms with Gasteiger partial charge in [-0.1, -0.05) is 13.8 Å². The Kier molecular flexibility index (Phi) is 4.81. The maximum absolute atomic E-state index is 13.7. The van der Waals surface area contributed by atoms with E-state index in [2.05, 4.69) is 18.7 Å². The van der Waals surface area contributed by atoms with Crippen LogP contribution in [0.25, 0.3) is 0 Å². The lowest BCUT2D eigenvalue weighted by Gasteiger charge is -2.69. The topological polar surface area (TPSA) is 91.4 Å². The van der Waals surface area contributed by atoms with Crippen molar-refractivity contribution in [3.8, 4) is 0 Å². The minimum absolute atomic E-state index is 0.00965. The Bertz CT molecular complexity index is 938. The highest BCUT2D eigenvalue weighted by molar-refractivity contribution is 5.78. The van der Waals surface area contributed by atoms with Crippen LogP contribution in [0.3, 0.4) is 0 Å². The van der Waals surface area contributed by atoms with E-state index in [9.17, 15) is 14.4 Å². The second kappa shape index (κ2) is 7.19. The first kappa shape index (κ1) is 22.8. The third-order valence-electron chi connectivity index (χ3n) is 10.7. The number of hydrogen-bond donors (Lipinski definition) is 0. The minimum atomic E-state index is -1.04. The molecule has 34 heavy (non-hydrogen) atoms. The van der Waals surface area contributed by atoms with E-state index in [1.165, 1.54) is 13.8 Å². The van der Waals surface area contributed by atoms with E-state index in [-0.39, 0.29) is 58.8 Å². The molecule has 3 aliphatic heterocycles. The lowest BCUT2D eigenvalue weighted by atomic mass is 9.42. The Morgan fingerprint density at radius 2 is 1.94 bits per heavy atom. The van der Waals surface area contributed by atoms with E-state index in [1.807, 2.05) is 0 Å². The molecular formula is C26H37NO7. The second-order valence-corrected chi connectivity index (χ2v) is 12.0. The van der Waals surface area contributed by atoms with Gasteiger partial charge in [0.1, 0.15) is 23.7 Å². The zero-order valence-electron chi connectivity index (χ0n) is 20.9. The lowest BCUT2D eigenvalue weighted by molar-refractivity contribution is -0.272. The van der Waals surface area contributed by atoms with E-state index in [1.54, 1.807) is 7.11 Å². The lowest BCUT2D eigenvalue weighted by Crippen LogP contribution is -2.76. The summed E-state index contributed by atoms with van der Waals surface area (Å²) in [6.07, 6.45) is 3.18. The van der Waals surface area contributed by atoms with Crippen molar-refractivity contribution in [1.82, 2.24) is 4.90 Å². The molecule has 7 aliphatic rings. The second-order valence-electron chi connectivity index (χ2n) is 12.0. The van der Waals surface area contributed by atoms with E-state index in [4.69, 9.17) is 18.9 Å². The summed E-state index contributed by atoms with van der Waals surface area (Å²) < 4.78 is 24.8. The Hall–Kier alpha value is -1.67. The molecule has 4 saturated carbocycles. The van der Waals surface area contributed by atoms with Crippen LogP contribution >= 0.6 is 0 Å². The number of carbonyl (C=O) groups excluding carboxylic acids is 3. The SMILES string of the molecule is CCN1CC2(C)CCC(OC)C34C5CC6CCC(OC(C)=O)(C5C(=O)O6)C(C(OC(C)=O)C23)C14. The van der Waals surface area contributed by atoms with Crippen LogP contribution in [-0.2, 0) is 33.3 Å². The number of esters is 3. The molecule has 11 unspecified atom stereocenters. The van der Waals surface area contributed by atoms with Crippen LogP contribution < -0.4 is 0 Å². The van der Waals surface area contributed by atoms with Gasteiger partial charge in [-0.15, -0.1) is 0 Å². The summed E-state index contributed by atoms with van der Waals surface area (Å²) in [6, 6.07) is 0.00965. The van der Waals surface area contributed by atoms with Gasteiger partial charge >= 0.3 is 17.9 Å². The van der Waals surface area contributed by atoms with Crippen LogP contribution in [0.15, 0.2) is 0 Å². The third-order valence-corrected chi connectivity index (χ3v) is 10.7. The zero-order valence-corrected chi connectivity index (χ0v) is 20.9. The molecule has 4 aliphatic carbocycles. The van der Waals surface area contributed by atoms with Gasteiger partial charge in [-0.05, 0) is 50.0 Å². The number of nitrogens with zero attached hydrogens (tertiary/aromatic N) is 1. The highest BCUT2D eigenvalue weighted by Gasteiger charge is 2.86. The van der Waals surface area contributed by atoms with E-state index in [0.717, 1.165) is 32.4 Å². The molecule has 0 aromatic carbocycles. The van der Waals surface area contributed by atoms with Gasteiger partial charge in [-0.3, -0.25) is 19.3 Å². The Morgan fingerprint density at radius 3 is 2.59 bits per heavy atom. The summed E-state index contributed by atoms with van der Waals surface area (Å²) in [7, 11) is 1.78. The number of carbonyl (C=O) groups is 3. The molecule has 0 aromatic rings. The van der Waals surface area contributed by atoms with Crippen LogP contribution in [0, 0.1) is 34.5 Å². The van der Waals surface area contributed by atoms with Gasteiger partial charge in [-0.2, -0.15) is 0 Å². The number of methoxy groups -OCH3 is 1. The number of fused-ring (bicyclic) bond motifs is 2. The van der Waals surface area contributed by atoms with Gasteiger partial charge in [0.2, 0.25) is 0 Å². The summed E-state index contributed by atoms with van der Waals surface area (Å²) in [4.78, 5) is 41.4. The van der Waals surface area contributed by atoms with Gasteiger partial charge in [0.05, 0.1) is 12.0 Å². The minimum Gasteiger partial charge on any atom is -0.462 e. The summed E-state index contributed by atoms with van der Waals surface area (Å²) in [6.45, 7) is 9.14. The normalized spacial score (nSPS) is 52.6. The van der Waals surface area contributed by atoms with Crippen LogP contribution in [0.5, 0.6) is 0 Å². The number of hydrogen-bond acceptors (Lipinski definition) is 8. The van der Waals surface area contributed by atoms with E-state index in [0.29, 0.717) is 12.8 Å². The summed E-state index contributed by atoms with van der Waals surface area (Å²) in [5.41, 5.74) is -1.50. The van der Waals surface area contributed by atoms with Crippen molar-refractivity contribution in [1.29, 1.82) is 0 Å². The fourth-order valence-electron chi connectivity index (χ4n) is 10.3. The maximum atomic E-state index is 13.7. The Labute approximate surface area is 201 Å². The Balaban J connectivity index is 1.68. The molecule has 11 atom stereocenters. The average molecular weight is 476 g/mol. The molecule has 8 nitrogen and oxygen atoms in total. The first-order valence-corrected chi connectivity index (χ1v) is 13.0. The monoisotopic (exact) mass is 475 g/mol. The third kappa shape index (κ3) is 2.49. The molecule has 0 aromatic heterocycles. The van der Waals surface area contributed by atoms with Crippen LogP contribution in [0.4, 0.5) is 0 Å². The first-order valence-electron chi connectivity index (χ1n) is 13.0. The van der Waals surface area contributed by atoms with Gasteiger partial charge in [0.25, 0.3) is 0 Å². The van der Waals surface area contributed by atoms with Crippen LogP contribution in [0.2, 0.25) is 0 Å². The van der Waals surface area contributed by atoms with Gasteiger partial charge in [0, 0.05) is 44.9 Å².